The van der Waals surface area contributed by atoms with Crippen molar-refractivity contribution in [2.45, 2.75) is 57.0 Å². The van der Waals surface area contributed by atoms with E-state index in [9.17, 15) is 24.9 Å². The molecule has 1 fully saturated rings. The number of aromatic nitrogens is 4. The maximum Gasteiger partial charge on any atom is 0.303 e. The highest BCUT2D eigenvalue weighted by Crippen LogP contribution is 2.34. The lowest BCUT2D eigenvalue weighted by Crippen LogP contribution is -2.48. The molecule has 2 aromatic heterocycles. The van der Waals surface area contributed by atoms with Crippen molar-refractivity contribution >= 4 is 47.7 Å². The summed E-state index contributed by atoms with van der Waals surface area (Å²) in [6, 6.07) is 7.67. The van der Waals surface area contributed by atoms with Crippen molar-refractivity contribution in [2.24, 2.45) is 0 Å². The second-order valence-electron chi connectivity index (χ2n) is 8.97. The van der Waals surface area contributed by atoms with Gasteiger partial charge >= 0.3 is 5.97 Å². The molecule has 7 N–H and O–H groups in total. The van der Waals surface area contributed by atoms with E-state index < -0.39 is 36.7 Å². The molecule has 0 aliphatic carbocycles. The van der Waals surface area contributed by atoms with Crippen LogP contribution in [0, 0.1) is 0 Å². The quantitative estimate of drug-likeness (QED) is 0.126. The number of nitrogens with two attached hydrogens (primary N) is 1. The minimum atomic E-state index is -1.48. The van der Waals surface area contributed by atoms with Gasteiger partial charge in [-0.15, -0.1) is 12.4 Å². The zero-order chi connectivity index (χ0) is 27.4. The van der Waals surface area contributed by atoms with E-state index in [0.29, 0.717) is 25.8 Å². The number of amides is 1. The highest BCUT2D eigenvalue weighted by molar-refractivity contribution is 5.85. The summed E-state index contributed by atoms with van der Waals surface area (Å²) in [4.78, 5) is 35.9. The predicted octanol–water partition coefficient (Wildman–Crippen LogP) is -0.0820. The number of nitrogens with zero attached hydrogens (tertiary/aromatic N) is 5. The third-order valence-electron chi connectivity index (χ3n) is 6.48. The molecule has 1 aliphatic heterocycles. The first-order valence-electron chi connectivity index (χ1n) is 12.2. The van der Waals surface area contributed by atoms with Crippen LogP contribution in [0.5, 0.6) is 0 Å². The van der Waals surface area contributed by atoms with Gasteiger partial charge in [0.15, 0.2) is 23.9 Å². The summed E-state index contributed by atoms with van der Waals surface area (Å²) >= 11 is 0. The minimum absolute atomic E-state index is 0. The number of aryl methyl sites for hydroxylation is 1. The monoisotopic (exact) mass is 565 g/mol. The normalized spacial score (nSPS) is 21.3. The first-order chi connectivity index (χ1) is 18.2. The zero-order valence-electron chi connectivity index (χ0n) is 21.1. The smallest absolute Gasteiger partial charge is 0.303 e. The van der Waals surface area contributed by atoms with Gasteiger partial charge in [0.2, 0.25) is 12.4 Å². The van der Waals surface area contributed by atoms with E-state index in [2.05, 4.69) is 20.3 Å². The number of imidazole rings is 1. The lowest BCUT2D eigenvalue weighted by atomic mass is 10.1. The number of carboxylic acids is 1. The SMILES string of the molecule is CCN(C=O)C(O)[C@H]1O[C@@H](n2cnc3c(N)nc(NCCc4ccc(CCC(=O)O)cc4)nc32)[C@H](O)[C@@H]1O.Cl. The number of carbonyl (C=O) groups excluding carboxylic acids is 1. The van der Waals surface area contributed by atoms with Crippen molar-refractivity contribution in [3.63, 3.8) is 0 Å². The van der Waals surface area contributed by atoms with Crippen LogP contribution in [-0.4, -0.2) is 94.9 Å². The van der Waals surface area contributed by atoms with Gasteiger partial charge in [-0.25, -0.2) is 4.98 Å². The maximum absolute atomic E-state index is 11.2. The number of hydrogen-bond donors (Lipinski definition) is 6. The summed E-state index contributed by atoms with van der Waals surface area (Å²) in [6.07, 6.45) is -3.82. The second kappa shape index (κ2) is 13.0. The topological polar surface area (TPSA) is 209 Å². The molecule has 39 heavy (non-hydrogen) atoms. The fourth-order valence-electron chi connectivity index (χ4n) is 4.32. The number of halogens is 1. The molecule has 1 amide bonds. The van der Waals surface area contributed by atoms with E-state index in [0.717, 1.165) is 16.0 Å². The number of hydrogen-bond acceptors (Lipinski definition) is 11. The Morgan fingerprint density at radius 2 is 1.87 bits per heavy atom. The molecule has 0 radical (unpaired) electrons. The molecule has 3 aromatic rings. The van der Waals surface area contributed by atoms with E-state index >= 15 is 0 Å². The average molecular weight is 566 g/mol. The fraction of sp³-hybridized carbons (Fsp3) is 0.458. The molecule has 1 saturated heterocycles. The van der Waals surface area contributed by atoms with Crippen molar-refractivity contribution in [3.8, 4) is 0 Å². The van der Waals surface area contributed by atoms with E-state index in [1.807, 2.05) is 24.3 Å². The third-order valence-corrected chi connectivity index (χ3v) is 6.48. The molecule has 0 bridgehead atoms. The van der Waals surface area contributed by atoms with Crippen molar-refractivity contribution in [1.29, 1.82) is 0 Å². The number of ether oxygens (including phenoxy) is 1. The molecule has 3 heterocycles. The van der Waals surface area contributed by atoms with Crippen molar-refractivity contribution in [1.82, 2.24) is 24.4 Å². The molecule has 1 aliphatic rings. The summed E-state index contributed by atoms with van der Waals surface area (Å²) < 4.78 is 7.16. The number of anilines is 2. The number of carbonyl (C=O) groups is 2. The number of nitrogens with one attached hydrogen (secondary N) is 1. The van der Waals surface area contributed by atoms with Gasteiger partial charge in [0.25, 0.3) is 0 Å². The number of aliphatic carboxylic acids is 1. The molecule has 15 heteroatoms. The van der Waals surface area contributed by atoms with Gasteiger partial charge in [-0.1, -0.05) is 24.3 Å². The second-order valence-corrected chi connectivity index (χ2v) is 8.97. The number of aliphatic hydroxyl groups is 3. The summed E-state index contributed by atoms with van der Waals surface area (Å²) in [6.45, 7) is 2.31. The lowest BCUT2D eigenvalue weighted by Gasteiger charge is -2.28. The highest BCUT2D eigenvalue weighted by Gasteiger charge is 2.48. The fourth-order valence-corrected chi connectivity index (χ4v) is 4.32. The Morgan fingerprint density at radius 1 is 1.21 bits per heavy atom. The number of nitrogen functional groups attached to an aromatic ring is 1. The number of benzene rings is 1. The first kappa shape index (κ1) is 30.0. The van der Waals surface area contributed by atoms with Crippen LogP contribution >= 0.6 is 12.4 Å². The van der Waals surface area contributed by atoms with Gasteiger partial charge in [0.05, 0.1) is 6.33 Å². The van der Waals surface area contributed by atoms with Gasteiger partial charge in [0.1, 0.15) is 23.8 Å². The maximum atomic E-state index is 11.2. The molecule has 5 atom stereocenters. The summed E-state index contributed by atoms with van der Waals surface area (Å²) in [7, 11) is 0. The molecule has 14 nitrogen and oxygen atoms in total. The van der Waals surface area contributed by atoms with Crippen LogP contribution in [0.15, 0.2) is 30.6 Å². The number of fused-ring (bicyclic) bond motifs is 1. The highest BCUT2D eigenvalue weighted by atomic mass is 35.5. The Kier molecular flexibility index (Phi) is 9.99. The first-order valence-corrected chi connectivity index (χ1v) is 12.2. The number of aliphatic hydroxyl groups excluding tert-OH is 3. The van der Waals surface area contributed by atoms with Gasteiger partial charge in [-0.2, -0.15) is 9.97 Å². The Balaban J connectivity index is 0.00000420. The van der Waals surface area contributed by atoms with Crippen molar-refractivity contribution < 1.29 is 34.8 Å². The van der Waals surface area contributed by atoms with Crippen LogP contribution in [0.1, 0.15) is 30.7 Å². The van der Waals surface area contributed by atoms with Gasteiger partial charge in [-0.05, 0) is 30.9 Å². The standard InChI is InChI=1S/C24H31N7O7.ClH/c1-2-30(12-32)22(37)19-17(35)18(36)23(38-19)31-11-27-16-20(25)28-24(29-21(16)31)26-10-9-14-5-3-13(4-6-14)7-8-15(33)34;/h3-6,11-12,17-19,22-23,35-37H,2,7-10H2,1H3,(H,33,34)(H3,25,26,28,29);1H/t17-,18+,19-,22?,23+;/m0./s1. The molecular formula is C24H32ClN7O7. The average Bonchev–Trinajstić information content (AvgIpc) is 3.45. The Bertz CT molecular complexity index is 1280. The Morgan fingerprint density at radius 3 is 2.49 bits per heavy atom. The summed E-state index contributed by atoms with van der Waals surface area (Å²) in [5.74, 6) is -0.515. The lowest BCUT2D eigenvalue weighted by molar-refractivity contribution is -0.152. The van der Waals surface area contributed by atoms with Crippen LogP contribution < -0.4 is 11.1 Å². The molecule has 4 rings (SSSR count). The number of likely N-dealkylation sites (N-methyl/N-ethyl adjacent to an activating group) is 1. The number of rotatable bonds is 12. The van der Waals surface area contributed by atoms with Gasteiger partial charge in [-0.3, -0.25) is 14.2 Å². The Hall–Kier alpha value is -3.56. The Labute approximate surface area is 229 Å². The summed E-state index contributed by atoms with van der Waals surface area (Å²) in [5.41, 5.74) is 8.58. The largest absolute Gasteiger partial charge is 0.481 e. The molecule has 1 aromatic carbocycles. The molecule has 0 saturated carbocycles. The summed E-state index contributed by atoms with van der Waals surface area (Å²) in [5, 5.41) is 43.5. The van der Waals surface area contributed by atoms with E-state index in [1.54, 1.807) is 6.92 Å². The van der Waals surface area contributed by atoms with Crippen LogP contribution in [-0.2, 0) is 27.2 Å². The van der Waals surface area contributed by atoms with E-state index in [-0.39, 0.29) is 48.3 Å². The van der Waals surface area contributed by atoms with E-state index in [4.69, 9.17) is 15.6 Å². The van der Waals surface area contributed by atoms with Gasteiger partial charge in [0, 0.05) is 19.5 Å². The van der Waals surface area contributed by atoms with Gasteiger partial charge < -0.3 is 41.1 Å². The minimum Gasteiger partial charge on any atom is -0.481 e. The molecule has 1 unspecified atom stereocenters. The van der Waals surface area contributed by atoms with Crippen LogP contribution in [0.25, 0.3) is 11.2 Å². The van der Waals surface area contributed by atoms with Crippen LogP contribution in [0.4, 0.5) is 11.8 Å². The van der Waals surface area contributed by atoms with E-state index in [1.165, 1.54) is 10.9 Å². The predicted molar refractivity (Wildman–Crippen MR) is 142 cm³/mol. The number of carboxylic acid groups (broad SMARTS) is 1. The molecule has 0 spiro atoms. The van der Waals surface area contributed by atoms with Crippen LogP contribution in [0.3, 0.4) is 0 Å². The molecule has 212 valence electrons. The van der Waals surface area contributed by atoms with Crippen LogP contribution in [0.2, 0.25) is 0 Å². The zero-order valence-corrected chi connectivity index (χ0v) is 21.9. The third kappa shape index (κ3) is 6.54. The van der Waals surface area contributed by atoms with Crippen molar-refractivity contribution in [3.05, 3.63) is 41.7 Å². The molecular weight excluding hydrogens is 534 g/mol. The van der Waals surface area contributed by atoms with Crippen molar-refractivity contribution in [2.75, 3.05) is 24.1 Å².